The van der Waals surface area contributed by atoms with Gasteiger partial charge >= 0.3 is 12.0 Å². The molecule has 0 radical (unpaired) electrons. The summed E-state index contributed by atoms with van der Waals surface area (Å²) in [6.45, 7) is 3.44. The fourth-order valence-electron chi connectivity index (χ4n) is 1.28. The first kappa shape index (κ1) is 17.6. The molecule has 0 spiro atoms. The number of amides is 2. The Morgan fingerprint density at radius 2 is 1.89 bits per heavy atom. The first-order valence-corrected chi connectivity index (χ1v) is 7.57. The van der Waals surface area contributed by atoms with E-state index in [0.29, 0.717) is 6.42 Å². The lowest BCUT2D eigenvalue weighted by Crippen LogP contribution is -2.50. The van der Waals surface area contributed by atoms with Crippen LogP contribution in [-0.2, 0) is 14.8 Å². The summed E-state index contributed by atoms with van der Waals surface area (Å²) >= 11 is 0. The molecular formula is C10H21N3O5S. The van der Waals surface area contributed by atoms with Crippen molar-refractivity contribution in [2.45, 2.75) is 26.3 Å². The average Bonchev–Trinajstić information content (AvgIpc) is 2.34. The number of nitrogens with one attached hydrogen (secondary N) is 3. The molecule has 0 aliphatic carbocycles. The van der Waals surface area contributed by atoms with Gasteiger partial charge in [-0.2, -0.15) is 0 Å². The van der Waals surface area contributed by atoms with Crippen molar-refractivity contribution in [1.29, 1.82) is 0 Å². The van der Waals surface area contributed by atoms with Gasteiger partial charge in [0.05, 0.1) is 5.75 Å². The van der Waals surface area contributed by atoms with Gasteiger partial charge in [0.15, 0.2) is 0 Å². The normalized spacial score (nSPS) is 14.5. The molecule has 2 atom stereocenters. The minimum Gasteiger partial charge on any atom is -0.480 e. The van der Waals surface area contributed by atoms with Crippen molar-refractivity contribution in [3.8, 4) is 0 Å². The van der Waals surface area contributed by atoms with Gasteiger partial charge in [-0.15, -0.1) is 0 Å². The zero-order valence-corrected chi connectivity index (χ0v) is 12.1. The van der Waals surface area contributed by atoms with E-state index in [9.17, 15) is 18.0 Å². The number of hydrogen-bond acceptors (Lipinski definition) is 4. The van der Waals surface area contributed by atoms with Crippen molar-refractivity contribution in [3.63, 3.8) is 0 Å². The molecule has 2 amide bonds. The lowest BCUT2D eigenvalue weighted by Gasteiger charge is -2.20. The Morgan fingerprint density at radius 3 is 2.32 bits per heavy atom. The second kappa shape index (κ2) is 7.95. The van der Waals surface area contributed by atoms with Crippen molar-refractivity contribution in [3.05, 3.63) is 0 Å². The largest absolute Gasteiger partial charge is 0.480 e. The molecule has 19 heavy (non-hydrogen) atoms. The summed E-state index contributed by atoms with van der Waals surface area (Å²) in [4.78, 5) is 22.4. The summed E-state index contributed by atoms with van der Waals surface area (Å²) in [5.41, 5.74) is 0. The summed E-state index contributed by atoms with van der Waals surface area (Å²) in [5.74, 6) is -1.60. The monoisotopic (exact) mass is 295 g/mol. The van der Waals surface area contributed by atoms with Crippen LogP contribution in [0, 0.1) is 5.92 Å². The maximum atomic E-state index is 11.5. The van der Waals surface area contributed by atoms with Crippen LogP contribution in [0.3, 0.4) is 0 Å². The predicted molar refractivity (Wildman–Crippen MR) is 70.3 cm³/mol. The van der Waals surface area contributed by atoms with Crippen LogP contribution in [0.2, 0.25) is 0 Å². The number of sulfonamides is 1. The van der Waals surface area contributed by atoms with Crippen LogP contribution >= 0.6 is 0 Å². The van der Waals surface area contributed by atoms with E-state index in [1.54, 1.807) is 6.92 Å². The molecule has 9 heteroatoms. The maximum Gasteiger partial charge on any atom is 0.326 e. The molecule has 0 bridgehead atoms. The van der Waals surface area contributed by atoms with Crippen LogP contribution in [0.25, 0.3) is 0 Å². The van der Waals surface area contributed by atoms with Gasteiger partial charge in [0, 0.05) is 6.54 Å². The van der Waals surface area contributed by atoms with Crippen LogP contribution in [0.15, 0.2) is 0 Å². The molecule has 0 saturated carbocycles. The highest BCUT2D eigenvalue weighted by Gasteiger charge is 2.25. The molecule has 0 aromatic carbocycles. The number of urea groups is 1. The van der Waals surface area contributed by atoms with E-state index >= 15 is 0 Å². The first-order chi connectivity index (χ1) is 8.73. The highest BCUT2D eigenvalue weighted by atomic mass is 32.2. The van der Waals surface area contributed by atoms with Gasteiger partial charge in [-0.25, -0.2) is 22.7 Å². The van der Waals surface area contributed by atoms with Gasteiger partial charge in [-0.05, 0) is 13.0 Å². The van der Waals surface area contributed by atoms with E-state index in [1.165, 1.54) is 7.05 Å². The molecule has 0 saturated heterocycles. The summed E-state index contributed by atoms with van der Waals surface area (Å²) in [7, 11) is -2.11. The van der Waals surface area contributed by atoms with E-state index in [0.717, 1.165) is 0 Å². The molecule has 112 valence electrons. The van der Waals surface area contributed by atoms with Crippen LogP contribution in [-0.4, -0.2) is 50.9 Å². The maximum absolute atomic E-state index is 11.5. The Kier molecular flexibility index (Phi) is 7.38. The third-order valence-electron chi connectivity index (χ3n) is 2.73. The van der Waals surface area contributed by atoms with Crippen molar-refractivity contribution in [1.82, 2.24) is 15.4 Å². The number of aliphatic carboxylic acids is 1. The summed E-state index contributed by atoms with van der Waals surface area (Å²) < 4.78 is 24.3. The number of hydrogen-bond donors (Lipinski definition) is 4. The molecule has 0 rings (SSSR count). The third-order valence-corrected chi connectivity index (χ3v) is 4.10. The lowest BCUT2D eigenvalue weighted by atomic mass is 9.99. The number of rotatable bonds is 8. The highest BCUT2D eigenvalue weighted by molar-refractivity contribution is 7.89. The molecule has 0 aliphatic heterocycles. The smallest absolute Gasteiger partial charge is 0.326 e. The molecule has 0 fully saturated rings. The number of carbonyl (C=O) groups excluding carboxylic acids is 1. The van der Waals surface area contributed by atoms with Gasteiger partial charge in [-0.1, -0.05) is 20.3 Å². The van der Waals surface area contributed by atoms with Gasteiger partial charge in [0.1, 0.15) is 6.04 Å². The summed E-state index contributed by atoms with van der Waals surface area (Å²) in [6.07, 6.45) is 0.603. The fourth-order valence-corrected chi connectivity index (χ4v) is 1.85. The molecule has 0 unspecified atom stereocenters. The first-order valence-electron chi connectivity index (χ1n) is 5.91. The van der Waals surface area contributed by atoms with Crippen molar-refractivity contribution in [2.24, 2.45) is 5.92 Å². The Balaban J connectivity index is 4.26. The minimum atomic E-state index is -3.39. The van der Waals surface area contributed by atoms with E-state index in [2.05, 4.69) is 15.4 Å². The van der Waals surface area contributed by atoms with Crippen LogP contribution < -0.4 is 15.4 Å². The van der Waals surface area contributed by atoms with Crippen molar-refractivity contribution in [2.75, 3.05) is 19.3 Å². The minimum absolute atomic E-state index is 0.0954. The van der Waals surface area contributed by atoms with E-state index in [-0.39, 0.29) is 18.2 Å². The highest BCUT2D eigenvalue weighted by Crippen LogP contribution is 2.07. The fraction of sp³-hybridized carbons (Fsp3) is 0.800. The van der Waals surface area contributed by atoms with E-state index in [1.807, 2.05) is 6.92 Å². The van der Waals surface area contributed by atoms with Gasteiger partial charge in [0.25, 0.3) is 0 Å². The van der Waals surface area contributed by atoms with Crippen molar-refractivity contribution < 1.29 is 23.1 Å². The molecule has 0 aromatic rings. The van der Waals surface area contributed by atoms with Gasteiger partial charge < -0.3 is 15.7 Å². The second-order valence-electron chi connectivity index (χ2n) is 4.12. The van der Waals surface area contributed by atoms with E-state index in [4.69, 9.17) is 5.11 Å². The van der Waals surface area contributed by atoms with Crippen LogP contribution in [0.1, 0.15) is 20.3 Å². The Labute approximate surface area is 113 Å². The standard InChI is InChI=1S/C10H21N3O5S/c1-4-7(2)8(9(14)15)13-10(16)12-5-6-19(17,18)11-3/h7-8,11H,4-6H2,1-3H3,(H,14,15)(H2,12,13,16)/t7-,8-/m0/s1. The Hall–Kier alpha value is -1.35. The zero-order chi connectivity index (χ0) is 15.1. The molecule has 0 heterocycles. The molecular weight excluding hydrogens is 274 g/mol. The average molecular weight is 295 g/mol. The zero-order valence-electron chi connectivity index (χ0n) is 11.3. The van der Waals surface area contributed by atoms with Crippen LogP contribution in [0.5, 0.6) is 0 Å². The van der Waals surface area contributed by atoms with Gasteiger partial charge in [-0.3, -0.25) is 0 Å². The predicted octanol–water partition coefficient (Wildman–Crippen LogP) is -0.666. The second-order valence-corrected chi connectivity index (χ2v) is 6.17. The van der Waals surface area contributed by atoms with Gasteiger partial charge in [0.2, 0.25) is 10.0 Å². The molecule has 0 aromatic heterocycles. The van der Waals surface area contributed by atoms with E-state index < -0.39 is 28.1 Å². The Morgan fingerprint density at radius 1 is 1.32 bits per heavy atom. The topological polar surface area (TPSA) is 125 Å². The number of carbonyl (C=O) groups is 2. The number of carboxylic acids is 1. The van der Waals surface area contributed by atoms with Crippen molar-refractivity contribution >= 4 is 22.0 Å². The summed E-state index contributed by atoms with van der Waals surface area (Å²) in [6, 6.07) is -1.69. The third kappa shape index (κ3) is 6.97. The molecule has 4 N–H and O–H groups in total. The quantitative estimate of drug-likeness (QED) is 0.473. The SMILES string of the molecule is CC[C@H](C)[C@H](NC(=O)NCCS(=O)(=O)NC)C(=O)O. The number of carboxylic acid groups (broad SMARTS) is 1. The Bertz CT molecular complexity index is 409. The lowest BCUT2D eigenvalue weighted by molar-refractivity contribution is -0.140. The molecule has 8 nitrogen and oxygen atoms in total. The van der Waals surface area contributed by atoms with Crippen LogP contribution in [0.4, 0.5) is 4.79 Å². The molecule has 0 aliphatic rings. The summed E-state index contributed by atoms with van der Waals surface area (Å²) in [5, 5.41) is 13.6.